The summed E-state index contributed by atoms with van der Waals surface area (Å²) < 4.78 is 26.6. The highest BCUT2D eigenvalue weighted by molar-refractivity contribution is 7.89. The van der Waals surface area contributed by atoms with Gasteiger partial charge in [-0.1, -0.05) is 13.8 Å². The van der Waals surface area contributed by atoms with Crippen molar-refractivity contribution >= 4 is 15.8 Å². The molecule has 0 amide bonds. The number of aromatic nitrogens is 1. The van der Waals surface area contributed by atoms with Crippen LogP contribution in [0.15, 0.2) is 23.2 Å². The Balaban J connectivity index is 2.27. The van der Waals surface area contributed by atoms with Gasteiger partial charge in [-0.3, -0.25) is 0 Å². The van der Waals surface area contributed by atoms with Crippen molar-refractivity contribution in [3.05, 3.63) is 18.3 Å². The lowest BCUT2D eigenvalue weighted by Gasteiger charge is -2.34. The van der Waals surface area contributed by atoms with Gasteiger partial charge >= 0.3 is 0 Å². The maximum atomic E-state index is 12.5. The summed E-state index contributed by atoms with van der Waals surface area (Å²) in [7, 11) is -3.45. The Bertz CT molecular complexity index is 546. The van der Waals surface area contributed by atoms with Crippen LogP contribution >= 0.6 is 0 Å². The van der Waals surface area contributed by atoms with E-state index >= 15 is 0 Å². The number of nitrogens with one attached hydrogen (secondary N) is 1. The van der Waals surface area contributed by atoms with Gasteiger partial charge < -0.3 is 5.43 Å². The van der Waals surface area contributed by atoms with Crippen LogP contribution in [0.5, 0.6) is 0 Å². The molecule has 0 spiro atoms. The molecule has 2 rings (SSSR count). The number of nitrogens with zero attached hydrogens (tertiary/aromatic N) is 2. The summed E-state index contributed by atoms with van der Waals surface area (Å²) in [4.78, 5) is 4.16. The Morgan fingerprint density at radius 3 is 2.79 bits per heavy atom. The minimum Gasteiger partial charge on any atom is -0.308 e. The lowest BCUT2D eigenvalue weighted by Crippen LogP contribution is -2.42. The van der Waals surface area contributed by atoms with Gasteiger partial charge in [-0.15, -0.1) is 0 Å². The van der Waals surface area contributed by atoms with Crippen LogP contribution in [-0.2, 0) is 10.0 Å². The van der Waals surface area contributed by atoms with Gasteiger partial charge in [-0.2, -0.15) is 4.31 Å². The summed E-state index contributed by atoms with van der Waals surface area (Å²) in [5.41, 5.74) is 2.36. The molecule has 7 heteroatoms. The third-order valence-corrected chi connectivity index (χ3v) is 5.68. The number of sulfonamides is 1. The summed E-state index contributed by atoms with van der Waals surface area (Å²) in [6.45, 7) is 5.39. The highest BCUT2D eigenvalue weighted by Gasteiger charge is 2.31. The second-order valence-corrected chi connectivity index (χ2v) is 7.07. The molecule has 1 fully saturated rings. The molecule has 0 radical (unpaired) electrons. The fourth-order valence-electron chi connectivity index (χ4n) is 2.24. The van der Waals surface area contributed by atoms with Crippen molar-refractivity contribution in [2.24, 2.45) is 17.7 Å². The van der Waals surface area contributed by atoms with Crippen LogP contribution in [-0.4, -0.2) is 30.8 Å². The quantitative estimate of drug-likeness (QED) is 0.639. The van der Waals surface area contributed by atoms with E-state index in [2.05, 4.69) is 24.3 Å². The molecule has 3 N–H and O–H groups in total. The lowest BCUT2D eigenvalue weighted by atomic mass is 9.90. The molecule has 106 valence electrons. The van der Waals surface area contributed by atoms with Crippen LogP contribution in [0.3, 0.4) is 0 Å². The summed E-state index contributed by atoms with van der Waals surface area (Å²) >= 11 is 0. The van der Waals surface area contributed by atoms with E-state index in [9.17, 15) is 8.42 Å². The first-order chi connectivity index (χ1) is 8.95. The Morgan fingerprint density at radius 2 is 2.16 bits per heavy atom. The minimum atomic E-state index is -3.45. The van der Waals surface area contributed by atoms with Gasteiger partial charge in [0.05, 0.1) is 4.90 Å². The number of nitrogen functional groups attached to an aromatic ring is 1. The fraction of sp³-hybridized carbons (Fsp3) is 0.583. The number of anilines is 1. The van der Waals surface area contributed by atoms with Crippen LogP contribution in [0.1, 0.15) is 20.3 Å². The third-order valence-electron chi connectivity index (χ3n) is 3.81. The van der Waals surface area contributed by atoms with Crippen LogP contribution < -0.4 is 11.3 Å². The molecule has 1 saturated heterocycles. The molecule has 0 saturated carbocycles. The Kier molecular flexibility index (Phi) is 4.07. The number of hydrazine groups is 1. The van der Waals surface area contributed by atoms with Gasteiger partial charge in [0.1, 0.15) is 5.82 Å². The molecule has 0 bridgehead atoms. The van der Waals surface area contributed by atoms with Crippen molar-refractivity contribution in [2.75, 3.05) is 18.5 Å². The van der Waals surface area contributed by atoms with Gasteiger partial charge in [0.25, 0.3) is 0 Å². The standard InChI is InChI=1S/C12H20N4O2S/c1-9-4-6-16(8-10(9)2)19(17,18)11-3-5-14-12(7-11)15-13/h3,5,7,9-10H,4,6,8,13H2,1-2H3,(H,14,15). The van der Waals surface area contributed by atoms with Gasteiger partial charge in [0.2, 0.25) is 10.0 Å². The van der Waals surface area contributed by atoms with E-state index in [1.54, 1.807) is 4.31 Å². The van der Waals surface area contributed by atoms with Crippen molar-refractivity contribution in [1.29, 1.82) is 0 Å². The van der Waals surface area contributed by atoms with E-state index in [0.717, 1.165) is 6.42 Å². The Morgan fingerprint density at radius 1 is 1.42 bits per heavy atom. The molecular weight excluding hydrogens is 264 g/mol. The monoisotopic (exact) mass is 284 g/mol. The zero-order valence-corrected chi connectivity index (χ0v) is 12.0. The van der Waals surface area contributed by atoms with Crippen molar-refractivity contribution in [3.63, 3.8) is 0 Å². The highest BCUT2D eigenvalue weighted by atomic mass is 32.2. The first-order valence-electron chi connectivity index (χ1n) is 6.38. The average molecular weight is 284 g/mol. The number of hydrogen-bond acceptors (Lipinski definition) is 5. The number of nitrogens with two attached hydrogens (primary N) is 1. The maximum Gasteiger partial charge on any atom is 0.243 e. The van der Waals surface area contributed by atoms with E-state index in [-0.39, 0.29) is 4.90 Å². The molecule has 1 aliphatic heterocycles. The summed E-state index contributed by atoms with van der Waals surface area (Å²) in [6, 6.07) is 2.96. The first-order valence-corrected chi connectivity index (χ1v) is 7.82. The predicted molar refractivity (Wildman–Crippen MR) is 73.8 cm³/mol. The van der Waals surface area contributed by atoms with Crippen LogP contribution in [0.2, 0.25) is 0 Å². The smallest absolute Gasteiger partial charge is 0.243 e. The SMILES string of the molecule is CC1CCN(S(=O)(=O)c2ccnc(NN)c2)CC1C. The third kappa shape index (κ3) is 2.88. The average Bonchev–Trinajstić information content (AvgIpc) is 2.41. The van der Waals surface area contributed by atoms with Crippen LogP contribution in [0.4, 0.5) is 5.82 Å². The van der Waals surface area contributed by atoms with Crippen molar-refractivity contribution in [2.45, 2.75) is 25.2 Å². The van der Waals surface area contributed by atoms with Crippen molar-refractivity contribution < 1.29 is 8.42 Å². The molecule has 2 heterocycles. The molecule has 2 unspecified atom stereocenters. The molecule has 1 aromatic heterocycles. The second kappa shape index (κ2) is 5.44. The summed E-state index contributed by atoms with van der Waals surface area (Å²) in [5.74, 6) is 6.54. The second-order valence-electron chi connectivity index (χ2n) is 5.13. The maximum absolute atomic E-state index is 12.5. The van der Waals surface area contributed by atoms with Gasteiger partial charge in [-0.05, 0) is 24.3 Å². The van der Waals surface area contributed by atoms with Gasteiger partial charge in [-0.25, -0.2) is 19.2 Å². The molecule has 0 aliphatic carbocycles. The summed E-state index contributed by atoms with van der Waals surface area (Å²) in [5, 5.41) is 0. The van der Waals surface area contributed by atoms with Crippen LogP contribution in [0.25, 0.3) is 0 Å². The van der Waals surface area contributed by atoms with E-state index in [0.29, 0.717) is 30.7 Å². The van der Waals surface area contributed by atoms with E-state index in [1.165, 1.54) is 18.3 Å². The Labute approximate surface area is 114 Å². The largest absolute Gasteiger partial charge is 0.308 e. The Hall–Kier alpha value is -1.18. The fourth-order valence-corrected chi connectivity index (χ4v) is 3.81. The molecular formula is C12H20N4O2S. The number of pyridine rings is 1. The number of piperidine rings is 1. The first kappa shape index (κ1) is 14.2. The summed E-state index contributed by atoms with van der Waals surface area (Å²) in [6.07, 6.45) is 2.34. The van der Waals surface area contributed by atoms with E-state index < -0.39 is 10.0 Å². The predicted octanol–water partition coefficient (Wildman–Crippen LogP) is 1.03. The molecule has 2 atom stereocenters. The zero-order valence-electron chi connectivity index (χ0n) is 11.2. The van der Waals surface area contributed by atoms with Crippen molar-refractivity contribution in [3.8, 4) is 0 Å². The topological polar surface area (TPSA) is 88.3 Å². The zero-order chi connectivity index (χ0) is 14.0. The molecule has 0 aromatic carbocycles. The van der Waals surface area contributed by atoms with E-state index in [4.69, 9.17) is 5.84 Å². The van der Waals surface area contributed by atoms with Crippen LogP contribution in [0, 0.1) is 11.8 Å². The molecule has 1 aliphatic rings. The van der Waals surface area contributed by atoms with Gasteiger partial charge in [0, 0.05) is 25.4 Å². The number of rotatable bonds is 3. The molecule has 19 heavy (non-hydrogen) atoms. The highest BCUT2D eigenvalue weighted by Crippen LogP contribution is 2.27. The molecule has 1 aromatic rings. The number of hydrogen-bond donors (Lipinski definition) is 2. The van der Waals surface area contributed by atoms with E-state index in [1.807, 2.05) is 0 Å². The van der Waals surface area contributed by atoms with Crippen molar-refractivity contribution in [1.82, 2.24) is 9.29 Å². The minimum absolute atomic E-state index is 0.234. The van der Waals surface area contributed by atoms with Gasteiger partial charge in [0.15, 0.2) is 0 Å². The molecule has 6 nitrogen and oxygen atoms in total. The lowest BCUT2D eigenvalue weighted by molar-refractivity contribution is 0.212. The normalized spacial score (nSPS) is 25.2.